The fraction of sp³-hybridized carbons (Fsp3) is 0.182. The molecular formula is C22H21N3O2. The number of hydrogen-bond donors (Lipinski definition) is 1. The Kier molecular flexibility index (Phi) is 4.28. The van der Waals surface area contributed by atoms with E-state index in [2.05, 4.69) is 10.3 Å². The number of para-hydroxylation sites is 2. The third kappa shape index (κ3) is 3.12. The van der Waals surface area contributed by atoms with Crippen molar-refractivity contribution >= 4 is 17.3 Å². The van der Waals surface area contributed by atoms with Crippen LogP contribution in [0.3, 0.4) is 0 Å². The first-order chi connectivity index (χ1) is 13.1. The number of nitrogens with zero attached hydrogens (tertiary/aromatic N) is 2. The molecule has 0 spiro atoms. The Morgan fingerprint density at radius 1 is 1.04 bits per heavy atom. The molecule has 1 atom stereocenters. The number of carbonyl (C=O) groups excluding carboxylic acids is 1. The highest BCUT2D eigenvalue weighted by molar-refractivity contribution is 6.05. The average Bonchev–Trinajstić information content (AvgIpc) is 2.94. The van der Waals surface area contributed by atoms with Gasteiger partial charge in [-0.25, -0.2) is 0 Å². The van der Waals surface area contributed by atoms with Crippen LogP contribution in [0.5, 0.6) is 5.75 Å². The van der Waals surface area contributed by atoms with Crippen LogP contribution in [0.2, 0.25) is 0 Å². The maximum absolute atomic E-state index is 13.1. The fourth-order valence-corrected chi connectivity index (χ4v) is 3.39. The summed E-state index contributed by atoms with van der Waals surface area (Å²) in [5.41, 5.74) is 2.28. The largest absolute Gasteiger partial charge is 0.472 e. The average molecular weight is 359 g/mol. The molecule has 0 saturated carbocycles. The molecule has 27 heavy (non-hydrogen) atoms. The number of benzene rings is 2. The van der Waals surface area contributed by atoms with E-state index in [0.29, 0.717) is 12.2 Å². The van der Waals surface area contributed by atoms with Crippen LogP contribution in [-0.4, -0.2) is 25.0 Å². The van der Waals surface area contributed by atoms with Gasteiger partial charge in [0.15, 0.2) is 0 Å². The molecule has 5 heteroatoms. The van der Waals surface area contributed by atoms with Gasteiger partial charge in [-0.3, -0.25) is 9.78 Å². The summed E-state index contributed by atoms with van der Waals surface area (Å²) >= 11 is 0. The van der Waals surface area contributed by atoms with E-state index in [1.54, 1.807) is 6.20 Å². The normalized spacial score (nSPS) is 17.9. The number of carbonyl (C=O) groups is 1. The maximum atomic E-state index is 13.1. The molecule has 0 fully saturated rings. The lowest BCUT2D eigenvalue weighted by Gasteiger charge is -2.29. The lowest BCUT2D eigenvalue weighted by molar-refractivity contribution is -0.131. The zero-order valence-corrected chi connectivity index (χ0v) is 15.3. The van der Waals surface area contributed by atoms with Gasteiger partial charge in [0.2, 0.25) is 5.60 Å². The highest BCUT2D eigenvalue weighted by Crippen LogP contribution is 2.41. The minimum Gasteiger partial charge on any atom is -0.472 e. The summed E-state index contributed by atoms with van der Waals surface area (Å²) in [6, 6.07) is 21.0. The van der Waals surface area contributed by atoms with Gasteiger partial charge in [0.1, 0.15) is 5.75 Å². The Hall–Kier alpha value is -3.34. The van der Waals surface area contributed by atoms with Gasteiger partial charge in [-0.05, 0) is 30.3 Å². The first-order valence-corrected chi connectivity index (χ1v) is 8.86. The summed E-state index contributed by atoms with van der Waals surface area (Å²) in [6.07, 6.45) is 2.10. The van der Waals surface area contributed by atoms with Gasteiger partial charge in [0.05, 0.1) is 0 Å². The summed E-state index contributed by atoms with van der Waals surface area (Å²) in [4.78, 5) is 19.6. The number of amides is 1. The number of rotatable bonds is 5. The molecule has 1 aromatic heterocycles. The second kappa shape index (κ2) is 6.76. The van der Waals surface area contributed by atoms with Crippen LogP contribution in [-0.2, 0) is 16.8 Å². The molecule has 1 N–H and O–H groups in total. The molecule has 0 bridgehead atoms. The van der Waals surface area contributed by atoms with Gasteiger partial charge >= 0.3 is 0 Å². The molecule has 2 aromatic carbocycles. The number of anilines is 2. The Bertz CT molecular complexity index is 972. The molecule has 136 valence electrons. The lowest BCUT2D eigenvalue weighted by atomic mass is 9.89. The van der Waals surface area contributed by atoms with E-state index in [9.17, 15) is 4.79 Å². The van der Waals surface area contributed by atoms with Crippen molar-refractivity contribution in [2.45, 2.75) is 12.0 Å². The van der Waals surface area contributed by atoms with Crippen molar-refractivity contribution in [3.63, 3.8) is 0 Å². The summed E-state index contributed by atoms with van der Waals surface area (Å²) in [6.45, 7) is 0. The highest BCUT2D eigenvalue weighted by Gasteiger charge is 2.49. The molecule has 0 aliphatic carbocycles. The molecule has 4 rings (SSSR count). The standard InChI is InChI=1S/C22H21N3O2/c1-25(2)17-12-13-23-16(14-17)15-22(27-18-8-4-3-5-9-18)19-10-6-7-11-20(19)24-21(22)26/h3-14H,15H2,1-2H3,(H,24,26). The molecule has 1 unspecified atom stereocenters. The lowest BCUT2D eigenvalue weighted by Crippen LogP contribution is -2.42. The van der Waals surface area contributed by atoms with Gasteiger partial charge in [-0.2, -0.15) is 0 Å². The van der Waals surface area contributed by atoms with E-state index in [1.165, 1.54) is 0 Å². The van der Waals surface area contributed by atoms with Crippen LogP contribution >= 0.6 is 0 Å². The van der Waals surface area contributed by atoms with Gasteiger partial charge < -0.3 is 15.0 Å². The van der Waals surface area contributed by atoms with Crippen LogP contribution in [0, 0.1) is 0 Å². The quantitative estimate of drug-likeness (QED) is 0.756. The SMILES string of the molecule is CN(C)c1ccnc(CC2(Oc3ccccc3)C(=O)Nc3ccccc32)c1. The number of hydrogen-bond acceptors (Lipinski definition) is 4. The fourth-order valence-electron chi connectivity index (χ4n) is 3.39. The topological polar surface area (TPSA) is 54.5 Å². The van der Waals surface area contributed by atoms with Gasteiger partial charge in [-0.1, -0.05) is 36.4 Å². The number of fused-ring (bicyclic) bond motifs is 1. The Balaban J connectivity index is 1.80. The Labute approximate surface area is 158 Å². The predicted octanol–water partition coefficient (Wildman–Crippen LogP) is 3.62. The molecule has 0 saturated heterocycles. The minimum atomic E-state index is -1.16. The van der Waals surface area contributed by atoms with Crippen molar-refractivity contribution < 1.29 is 9.53 Å². The smallest absolute Gasteiger partial charge is 0.273 e. The molecule has 5 nitrogen and oxygen atoms in total. The van der Waals surface area contributed by atoms with Crippen LogP contribution in [0.1, 0.15) is 11.3 Å². The van der Waals surface area contributed by atoms with E-state index < -0.39 is 5.60 Å². The molecule has 0 radical (unpaired) electrons. The number of aromatic nitrogens is 1. The molecule has 1 aliphatic heterocycles. The van der Waals surface area contributed by atoms with E-state index in [1.807, 2.05) is 85.7 Å². The van der Waals surface area contributed by atoms with Crippen molar-refractivity contribution in [2.24, 2.45) is 0 Å². The van der Waals surface area contributed by atoms with E-state index in [-0.39, 0.29) is 5.91 Å². The molecular weight excluding hydrogens is 338 g/mol. The molecule has 1 amide bonds. The van der Waals surface area contributed by atoms with Crippen LogP contribution in [0.4, 0.5) is 11.4 Å². The van der Waals surface area contributed by atoms with Crippen molar-refractivity contribution in [3.05, 3.63) is 84.2 Å². The van der Waals surface area contributed by atoms with Gasteiger partial charge in [-0.15, -0.1) is 0 Å². The Morgan fingerprint density at radius 3 is 2.56 bits per heavy atom. The number of ether oxygens (including phenoxy) is 1. The van der Waals surface area contributed by atoms with Crippen molar-refractivity contribution in [1.29, 1.82) is 0 Å². The zero-order chi connectivity index (χ0) is 18.9. The van der Waals surface area contributed by atoms with Crippen molar-refractivity contribution in [3.8, 4) is 5.75 Å². The third-order valence-electron chi connectivity index (χ3n) is 4.76. The minimum absolute atomic E-state index is 0.176. The van der Waals surface area contributed by atoms with Crippen molar-refractivity contribution in [1.82, 2.24) is 4.98 Å². The molecule has 2 heterocycles. The first kappa shape index (κ1) is 17.1. The highest BCUT2D eigenvalue weighted by atomic mass is 16.5. The van der Waals surface area contributed by atoms with E-state index in [0.717, 1.165) is 22.6 Å². The van der Waals surface area contributed by atoms with Gasteiger partial charge in [0, 0.05) is 49.3 Å². The van der Waals surface area contributed by atoms with Gasteiger partial charge in [0.25, 0.3) is 5.91 Å². The Morgan fingerprint density at radius 2 is 1.78 bits per heavy atom. The predicted molar refractivity (Wildman–Crippen MR) is 106 cm³/mol. The number of nitrogens with one attached hydrogen (secondary N) is 1. The summed E-state index contributed by atoms with van der Waals surface area (Å²) in [7, 11) is 3.96. The second-order valence-corrected chi connectivity index (χ2v) is 6.82. The van der Waals surface area contributed by atoms with Crippen LogP contribution in [0.25, 0.3) is 0 Å². The van der Waals surface area contributed by atoms with Crippen LogP contribution < -0.4 is 15.0 Å². The van der Waals surface area contributed by atoms with E-state index >= 15 is 0 Å². The summed E-state index contributed by atoms with van der Waals surface area (Å²) in [5.74, 6) is 0.470. The molecule has 1 aliphatic rings. The molecule has 3 aromatic rings. The zero-order valence-electron chi connectivity index (χ0n) is 15.3. The maximum Gasteiger partial charge on any atom is 0.273 e. The van der Waals surface area contributed by atoms with E-state index in [4.69, 9.17) is 4.74 Å². The summed E-state index contributed by atoms with van der Waals surface area (Å²) in [5, 5.41) is 2.96. The third-order valence-corrected chi connectivity index (χ3v) is 4.76. The summed E-state index contributed by atoms with van der Waals surface area (Å²) < 4.78 is 6.34. The first-order valence-electron chi connectivity index (χ1n) is 8.86. The monoisotopic (exact) mass is 359 g/mol. The number of pyridine rings is 1. The van der Waals surface area contributed by atoms with Crippen LogP contribution in [0.15, 0.2) is 72.9 Å². The second-order valence-electron chi connectivity index (χ2n) is 6.82. The van der Waals surface area contributed by atoms with Crippen molar-refractivity contribution in [2.75, 3.05) is 24.3 Å².